The Morgan fingerprint density at radius 1 is 1.44 bits per heavy atom. The maximum Gasteiger partial charge on any atom is 0.305 e. The molecule has 0 unspecified atom stereocenters. The predicted molar refractivity (Wildman–Crippen MR) is 62.2 cm³/mol. The number of rotatable bonds is 4. The van der Waals surface area contributed by atoms with E-state index in [0.29, 0.717) is 26.1 Å². The molecule has 2 heterocycles. The quantitative estimate of drug-likeness (QED) is 0.588. The number of hydrogen-bond acceptors (Lipinski definition) is 7. The molecule has 0 atom stereocenters. The van der Waals surface area contributed by atoms with Gasteiger partial charge in [-0.05, 0) is 12.8 Å². The molecule has 8 nitrogen and oxygen atoms in total. The van der Waals surface area contributed by atoms with Crippen molar-refractivity contribution in [3.63, 3.8) is 0 Å². The summed E-state index contributed by atoms with van der Waals surface area (Å²) in [5.74, 6) is 0.275. The lowest BCUT2D eigenvalue weighted by Crippen LogP contribution is -2.47. The number of nitrogens with one attached hydrogen (secondary N) is 1. The van der Waals surface area contributed by atoms with Gasteiger partial charge >= 0.3 is 5.69 Å². The Hall–Kier alpha value is -1.80. The summed E-state index contributed by atoms with van der Waals surface area (Å²) in [4.78, 5) is 17.7. The van der Waals surface area contributed by atoms with Crippen molar-refractivity contribution in [3.8, 4) is 0 Å². The number of aliphatic hydroxyl groups excluding tert-OH is 1. The number of aromatic nitrogens is 2. The molecule has 0 spiro atoms. The zero-order chi connectivity index (χ0) is 13.0. The van der Waals surface area contributed by atoms with Gasteiger partial charge in [0.1, 0.15) is 12.4 Å². The molecule has 1 saturated heterocycles. The fourth-order valence-corrected chi connectivity index (χ4v) is 1.80. The zero-order valence-corrected chi connectivity index (χ0v) is 9.70. The molecule has 0 bridgehead atoms. The van der Waals surface area contributed by atoms with E-state index in [1.54, 1.807) is 0 Å². The van der Waals surface area contributed by atoms with Gasteiger partial charge in [-0.25, -0.2) is 9.97 Å². The Balaban J connectivity index is 2.09. The van der Waals surface area contributed by atoms with Crippen LogP contribution in [0.25, 0.3) is 0 Å². The predicted octanol–water partition coefficient (Wildman–Crippen LogP) is 0.338. The van der Waals surface area contributed by atoms with Crippen LogP contribution in [0.3, 0.4) is 0 Å². The first kappa shape index (κ1) is 12.7. The Morgan fingerprint density at radius 2 is 2.06 bits per heavy atom. The van der Waals surface area contributed by atoms with E-state index in [4.69, 9.17) is 4.74 Å². The van der Waals surface area contributed by atoms with Gasteiger partial charge in [-0.1, -0.05) is 0 Å². The molecule has 0 aliphatic carbocycles. The third kappa shape index (κ3) is 2.71. The van der Waals surface area contributed by atoms with Crippen molar-refractivity contribution >= 4 is 11.6 Å². The van der Waals surface area contributed by atoms with E-state index < -0.39 is 10.5 Å². The van der Waals surface area contributed by atoms with Crippen LogP contribution >= 0.6 is 0 Å². The van der Waals surface area contributed by atoms with Gasteiger partial charge in [0, 0.05) is 13.2 Å². The molecular formula is C10H14N4O4. The van der Waals surface area contributed by atoms with E-state index >= 15 is 0 Å². The molecule has 1 aliphatic heterocycles. The highest BCUT2D eigenvalue weighted by Crippen LogP contribution is 2.24. The van der Waals surface area contributed by atoms with Gasteiger partial charge in [0.25, 0.3) is 0 Å². The van der Waals surface area contributed by atoms with Gasteiger partial charge in [-0.3, -0.25) is 10.1 Å². The molecule has 0 amide bonds. The highest BCUT2D eigenvalue weighted by Gasteiger charge is 2.32. The van der Waals surface area contributed by atoms with Crippen LogP contribution in [0.15, 0.2) is 12.4 Å². The Morgan fingerprint density at radius 3 is 2.56 bits per heavy atom. The monoisotopic (exact) mass is 254 g/mol. The second-order valence-electron chi connectivity index (χ2n) is 4.20. The van der Waals surface area contributed by atoms with Crippen molar-refractivity contribution in [2.75, 3.05) is 25.1 Å². The summed E-state index contributed by atoms with van der Waals surface area (Å²) in [6, 6.07) is 0. The summed E-state index contributed by atoms with van der Waals surface area (Å²) >= 11 is 0. The summed E-state index contributed by atoms with van der Waals surface area (Å²) < 4.78 is 5.23. The number of anilines is 1. The summed E-state index contributed by atoms with van der Waals surface area (Å²) in [5, 5.41) is 23.0. The average molecular weight is 254 g/mol. The van der Waals surface area contributed by atoms with Crippen molar-refractivity contribution in [1.82, 2.24) is 9.97 Å². The maximum atomic E-state index is 10.5. The van der Waals surface area contributed by atoms with Gasteiger partial charge in [-0.15, -0.1) is 0 Å². The molecule has 2 N–H and O–H groups in total. The number of ether oxygens (including phenoxy) is 1. The molecule has 18 heavy (non-hydrogen) atoms. The topological polar surface area (TPSA) is 110 Å². The van der Waals surface area contributed by atoms with Gasteiger partial charge in [-0.2, -0.15) is 0 Å². The molecule has 1 aromatic rings. The molecule has 1 aromatic heterocycles. The fourth-order valence-electron chi connectivity index (χ4n) is 1.80. The van der Waals surface area contributed by atoms with E-state index in [9.17, 15) is 15.2 Å². The van der Waals surface area contributed by atoms with Crippen molar-refractivity contribution in [2.45, 2.75) is 18.4 Å². The minimum absolute atomic E-state index is 0.0588. The van der Waals surface area contributed by atoms with Crippen molar-refractivity contribution < 1.29 is 14.8 Å². The van der Waals surface area contributed by atoms with Crippen LogP contribution in [0.4, 0.5) is 11.6 Å². The van der Waals surface area contributed by atoms with Crippen molar-refractivity contribution in [2.24, 2.45) is 0 Å². The number of nitrogens with zero attached hydrogens (tertiary/aromatic N) is 3. The molecule has 1 fully saturated rings. The van der Waals surface area contributed by atoms with E-state index in [0.717, 1.165) is 12.4 Å². The van der Waals surface area contributed by atoms with Crippen LogP contribution in [0, 0.1) is 10.1 Å². The lowest BCUT2D eigenvalue weighted by molar-refractivity contribution is -0.385. The molecule has 1 aliphatic rings. The summed E-state index contributed by atoms with van der Waals surface area (Å²) in [6.07, 6.45) is 3.56. The maximum absolute atomic E-state index is 10.5. The molecule has 98 valence electrons. The number of nitro groups is 1. The Kier molecular flexibility index (Phi) is 3.68. The number of hydrogen-bond donors (Lipinski definition) is 2. The summed E-state index contributed by atoms with van der Waals surface area (Å²) in [5.41, 5.74) is -0.667. The molecule has 0 aromatic carbocycles. The molecular weight excluding hydrogens is 240 g/mol. The summed E-state index contributed by atoms with van der Waals surface area (Å²) in [7, 11) is 0. The highest BCUT2D eigenvalue weighted by atomic mass is 16.6. The van der Waals surface area contributed by atoms with Gasteiger partial charge in [0.15, 0.2) is 0 Å². The first-order valence-electron chi connectivity index (χ1n) is 5.58. The normalized spacial score (nSPS) is 18.3. The SMILES string of the molecule is O=[N+]([O-])c1cnc(NC2(CO)CCOCC2)nc1. The van der Waals surface area contributed by atoms with Crippen LogP contribution in [0.2, 0.25) is 0 Å². The second-order valence-corrected chi connectivity index (χ2v) is 4.20. The minimum atomic E-state index is -0.556. The first-order valence-corrected chi connectivity index (χ1v) is 5.58. The standard InChI is InChI=1S/C10H14N4O4/c15-7-10(1-3-18-4-2-10)13-9-11-5-8(6-12-9)14(16)17/h5-6,15H,1-4,7H2,(H,11,12,13). The van der Waals surface area contributed by atoms with Crippen molar-refractivity contribution in [3.05, 3.63) is 22.5 Å². The minimum Gasteiger partial charge on any atom is -0.394 e. The van der Waals surface area contributed by atoms with Crippen molar-refractivity contribution in [1.29, 1.82) is 0 Å². The third-order valence-electron chi connectivity index (χ3n) is 2.98. The van der Waals surface area contributed by atoms with E-state index in [1.807, 2.05) is 0 Å². The van der Waals surface area contributed by atoms with Crippen LogP contribution < -0.4 is 5.32 Å². The van der Waals surface area contributed by atoms with Crippen LogP contribution in [-0.2, 0) is 4.74 Å². The van der Waals surface area contributed by atoms with Crippen LogP contribution in [-0.4, -0.2) is 45.4 Å². The summed E-state index contributed by atoms with van der Waals surface area (Å²) in [6.45, 7) is 1.05. The third-order valence-corrected chi connectivity index (χ3v) is 2.98. The van der Waals surface area contributed by atoms with Crippen LogP contribution in [0.5, 0.6) is 0 Å². The molecule has 2 rings (SSSR count). The van der Waals surface area contributed by atoms with Crippen LogP contribution in [0.1, 0.15) is 12.8 Å². The second kappa shape index (κ2) is 5.23. The molecule has 0 saturated carbocycles. The first-order chi connectivity index (χ1) is 8.65. The van der Waals surface area contributed by atoms with Gasteiger partial charge < -0.3 is 15.2 Å². The Labute approximate surface area is 103 Å². The smallest absolute Gasteiger partial charge is 0.305 e. The average Bonchev–Trinajstić information content (AvgIpc) is 2.40. The highest BCUT2D eigenvalue weighted by molar-refractivity contribution is 5.33. The van der Waals surface area contributed by atoms with E-state index in [1.165, 1.54) is 0 Å². The number of aliphatic hydroxyl groups is 1. The Bertz CT molecular complexity index is 416. The van der Waals surface area contributed by atoms with Gasteiger partial charge in [0.05, 0.1) is 17.1 Å². The lowest BCUT2D eigenvalue weighted by atomic mass is 9.91. The fraction of sp³-hybridized carbons (Fsp3) is 0.600. The largest absolute Gasteiger partial charge is 0.394 e. The molecule has 0 radical (unpaired) electrons. The van der Waals surface area contributed by atoms with E-state index in [2.05, 4.69) is 15.3 Å². The van der Waals surface area contributed by atoms with Gasteiger partial charge in [0.2, 0.25) is 5.95 Å². The van der Waals surface area contributed by atoms with E-state index in [-0.39, 0.29) is 18.2 Å². The zero-order valence-electron chi connectivity index (χ0n) is 9.70. The lowest BCUT2D eigenvalue weighted by Gasteiger charge is -2.36. The molecule has 8 heteroatoms.